The normalized spacial score (nSPS) is 9.00. The van der Waals surface area contributed by atoms with Crippen LogP contribution in [0.3, 0.4) is 0 Å². The van der Waals surface area contributed by atoms with E-state index in [1.807, 2.05) is 13.8 Å². The summed E-state index contributed by atoms with van der Waals surface area (Å²) in [6, 6.07) is 0.0958. The first-order chi connectivity index (χ1) is 5.13. The van der Waals surface area contributed by atoms with E-state index in [0.29, 0.717) is 0 Å². The fourth-order valence-corrected chi connectivity index (χ4v) is 0.664. The largest absolute Gasteiger partial charge is 0.303 e. The Morgan fingerprint density at radius 2 is 2.09 bits per heavy atom. The molecular weight excluding hydrogens is 140 g/mol. The first-order valence-corrected chi connectivity index (χ1v) is 3.46. The molecule has 11 heavy (non-hydrogen) atoms. The summed E-state index contributed by atoms with van der Waals surface area (Å²) in [6.07, 6.45) is 2.72. The van der Waals surface area contributed by atoms with Gasteiger partial charge in [0.05, 0.1) is 0 Å². The van der Waals surface area contributed by atoms with Crippen molar-refractivity contribution in [1.29, 1.82) is 0 Å². The number of rotatable bonds is 4. The Bertz CT molecular complexity index is 163. The molecule has 0 heterocycles. The molecule has 0 fully saturated rings. The van der Waals surface area contributed by atoms with Crippen LogP contribution in [0.25, 0.3) is 0 Å². The van der Waals surface area contributed by atoms with Gasteiger partial charge in [-0.3, -0.25) is 9.80 Å². The molecule has 0 saturated carbocycles. The van der Waals surface area contributed by atoms with Crippen molar-refractivity contribution in [1.82, 2.24) is 10.4 Å². The number of nitrogens with zero attached hydrogens (tertiary/aromatic N) is 1. The zero-order valence-electron chi connectivity index (χ0n) is 7.00. The molecule has 0 spiro atoms. The van der Waals surface area contributed by atoms with Gasteiger partial charge in [0.15, 0.2) is 0 Å². The number of hydrogen-bond acceptors (Lipinski definition) is 2. The minimum absolute atomic E-state index is 0.0958. The molecule has 0 unspecified atom stereocenters. The molecule has 0 aliphatic rings. The maximum absolute atomic E-state index is 11.0. The Morgan fingerprint density at radius 1 is 1.55 bits per heavy atom. The van der Waals surface area contributed by atoms with Gasteiger partial charge in [-0.15, -0.1) is 0 Å². The second-order valence-corrected chi connectivity index (χ2v) is 2.34. The van der Waals surface area contributed by atoms with Gasteiger partial charge in [0, 0.05) is 12.2 Å². The summed E-state index contributed by atoms with van der Waals surface area (Å²) in [5.74, 6) is -0.153. The molecule has 1 N–H and O–H groups in total. The van der Waals surface area contributed by atoms with E-state index in [9.17, 15) is 4.79 Å². The van der Waals surface area contributed by atoms with Gasteiger partial charge in [-0.1, -0.05) is 13.2 Å². The lowest BCUT2D eigenvalue weighted by atomic mass is 10.3. The maximum Gasteiger partial charge on any atom is 0.264 e. The molecule has 0 saturated heterocycles. The number of amides is 1. The fraction of sp³-hybridized carbons (Fsp3) is 0.375. The highest BCUT2D eigenvalue weighted by Gasteiger charge is 2.10. The van der Waals surface area contributed by atoms with Crippen molar-refractivity contribution in [2.45, 2.75) is 19.9 Å². The molecular formula is C8H14N2O. The third-order valence-corrected chi connectivity index (χ3v) is 1.16. The van der Waals surface area contributed by atoms with E-state index >= 15 is 0 Å². The first-order valence-electron chi connectivity index (χ1n) is 3.46. The average Bonchev–Trinajstić information content (AvgIpc) is 1.98. The van der Waals surface area contributed by atoms with Gasteiger partial charge in [-0.2, -0.15) is 0 Å². The summed E-state index contributed by atoms with van der Waals surface area (Å²) in [7, 11) is 0. The Hall–Kier alpha value is -1.25. The number of nitrogens with one attached hydrogen (secondary N) is 1. The third-order valence-electron chi connectivity index (χ3n) is 1.16. The summed E-state index contributed by atoms with van der Waals surface area (Å²) >= 11 is 0. The molecule has 0 atom stereocenters. The highest BCUT2D eigenvalue weighted by molar-refractivity contribution is 5.86. The van der Waals surface area contributed by atoms with Crippen LogP contribution < -0.4 is 5.43 Å². The lowest BCUT2D eigenvalue weighted by molar-refractivity contribution is -0.130. The number of hydrazine groups is 1. The predicted octanol–water partition coefficient (Wildman–Crippen LogP) is 1.06. The van der Waals surface area contributed by atoms with Gasteiger partial charge in [0.1, 0.15) is 0 Å². The molecule has 3 heteroatoms. The lowest BCUT2D eigenvalue weighted by Gasteiger charge is -2.24. The molecule has 1 amide bonds. The average molecular weight is 154 g/mol. The van der Waals surface area contributed by atoms with E-state index in [-0.39, 0.29) is 11.9 Å². The highest BCUT2D eigenvalue weighted by Crippen LogP contribution is 1.94. The monoisotopic (exact) mass is 154 g/mol. The van der Waals surface area contributed by atoms with Gasteiger partial charge in [0.25, 0.3) is 5.91 Å². The van der Waals surface area contributed by atoms with Crippen LogP contribution in [0.4, 0.5) is 0 Å². The van der Waals surface area contributed by atoms with Crippen molar-refractivity contribution in [3.05, 3.63) is 25.4 Å². The van der Waals surface area contributed by atoms with Crippen LogP contribution in [-0.4, -0.2) is 17.0 Å². The number of hydrogen-bond donors (Lipinski definition) is 1. The molecule has 62 valence electrons. The summed E-state index contributed by atoms with van der Waals surface area (Å²) in [4.78, 5) is 11.0. The van der Waals surface area contributed by atoms with Gasteiger partial charge >= 0.3 is 0 Å². The van der Waals surface area contributed by atoms with Crippen molar-refractivity contribution in [2.24, 2.45) is 0 Å². The minimum Gasteiger partial charge on any atom is -0.303 e. The minimum atomic E-state index is -0.153. The SMILES string of the molecule is C=CNN(C(=O)C=C)C(C)C. The molecule has 0 aliphatic heterocycles. The molecule has 3 nitrogen and oxygen atoms in total. The van der Waals surface area contributed by atoms with Crippen LogP contribution >= 0.6 is 0 Å². The summed E-state index contributed by atoms with van der Waals surface area (Å²) in [6.45, 7) is 10.6. The Balaban J connectivity index is 4.19. The van der Waals surface area contributed by atoms with Gasteiger partial charge in [-0.25, -0.2) is 0 Å². The second kappa shape index (κ2) is 4.55. The summed E-state index contributed by atoms with van der Waals surface area (Å²) < 4.78 is 0. The van der Waals surface area contributed by atoms with Crippen LogP contribution in [0.2, 0.25) is 0 Å². The number of carbonyl (C=O) groups is 1. The molecule has 0 aromatic heterocycles. The summed E-state index contributed by atoms with van der Waals surface area (Å²) in [5.41, 5.74) is 2.71. The van der Waals surface area contributed by atoms with E-state index < -0.39 is 0 Å². The van der Waals surface area contributed by atoms with Crippen molar-refractivity contribution in [3.8, 4) is 0 Å². The van der Waals surface area contributed by atoms with Crippen molar-refractivity contribution >= 4 is 5.91 Å². The molecule has 0 aliphatic carbocycles. The van der Waals surface area contributed by atoms with E-state index in [2.05, 4.69) is 18.6 Å². The third kappa shape index (κ3) is 2.89. The Kier molecular flexibility index (Phi) is 4.03. The topological polar surface area (TPSA) is 32.3 Å². The van der Waals surface area contributed by atoms with Crippen molar-refractivity contribution in [3.63, 3.8) is 0 Å². The first kappa shape index (κ1) is 9.75. The van der Waals surface area contributed by atoms with Crippen LogP contribution in [0.5, 0.6) is 0 Å². The molecule has 0 bridgehead atoms. The van der Waals surface area contributed by atoms with E-state index in [4.69, 9.17) is 0 Å². The Morgan fingerprint density at radius 3 is 2.36 bits per heavy atom. The zero-order chi connectivity index (χ0) is 8.85. The van der Waals surface area contributed by atoms with Crippen molar-refractivity contribution < 1.29 is 4.79 Å². The van der Waals surface area contributed by atoms with E-state index in [1.165, 1.54) is 17.3 Å². The summed E-state index contributed by atoms with van der Waals surface area (Å²) in [5, 5.41) is 1.44. The second-order valence-electron chi connectivity index (χ2n) is 2.34. The lowest BCUT2D eigenvalue weighted by Crippen LogP contribution is -2.43. The number of carbonyl (C=O) groups excluding carboxylic acids is 1. The Labute approximate surface area is 67.4 Å². The predicted molar refractivity (Wildman–Crippen MR) is 45.5 cm³/mol. The zero-order valence-corrected chi connectivity index (χ0v) is 7.00. The molecule has 0 rings (SSSR count). The van der Waals surface area contributed by atoms with Gasteiger partial charge in [-0.05, 0) is 19.9 Å². The molecule has 0 aromatic carbocycles. The van der Waals surface area contributed by atoms with Gasteiger partial charge in [0.2, 0.25) is 0 Å². The van der Waals surface area contributed by atoms with E-state index in [0.717, 1.165) is 0 Å². The standard InChI is InChI=1S/C8H14N2O/c1-5-8(11)10(7(3)4)9-6-2/h5-7,9H,1-2H2,3-4H3. The van der Waals surface area contributed by atoms with Crippen LogP contribution in [0.1, 0.15) is 13.8 Å². The van der Waals surface area contributed by atoms with Gasteiger partial charge < -0.3 is 5.43 Å². The van der Waals surface area contributed by atoms with Crippen LogP contribution in [0.15, 0.2) is 25.4 Å². The quantitative estimate of drug-likeness (QED) is 0.485. The maximum atomic E-state index is 11.0. The van der Waals surface area contributed by atoms with Crippen LogP contribution in [-0.2, 0) is 4.79 Å². The highest BCUT2D eigenvalue weighted by atomic mass is 16.2. The smallest absolute Gasteiger partial charge is 0.264 e. The molecule has 0 aromatic rings. The van der Waals surface area contributed by atoms with Crippen LogP contribution in [0, 0.1) is 0 Å². The molecule has 0 radical (unpaired) electrons. The fourth-order valence-electron chi connectivity index (χ4n) is 0.664. The van der Waals surface area contributed by atoms with E-state index in [1.54, 1.807) is 0 Å². The van der Waals surface area contributed by atoms with Crippen molar-refractivity contribution in [2.75, 3.05) is 0 Å².